The fraction of sp³-hybridized carbons (Fsp3) is 0.625. The van der Waals surface area contributed by atoms with Crippen molar-refractivity contribution in [2.75, 3.05) is 52.7 Å². The average molecular weight is 545 g/mol. The minimum atomic E-state index is -0.0971. The van der Waals surface area contributed by atoms with Crippen LogP contribution in [0.2, 0.25) is 0 Å². The molecule has 1 rings (SSSR count). The molecule has 0 aromatic rings. The summed E-state index contributed by atoms with van der Waals surface area (Å²) >= 11 is 0. The lowest BCUT2D eigenvalue weighted by Crippen LogP contribution is -2.23. The number of carbonyl (C=O) groups is 2. The number of amides is 2. The average Bonchev–Trinajstić information content (AvgIpc) is 2.85. The van der Waals surface area contributed by atoms with E-state index in [1.165, 1.54) is 42.9 Å². The van der Waals surface area contributed by atoms with Crippen LogP contribution in [0.15, 0.2) is 58.7 Å². The van der Waals surface area contributed by atoms with Crippen LogP contribution in [0.3, 0.4) is 0 Å². The van der Waals surface area contributed by atoms with Crippen LogP contribution in [0.1, 0.15) is 73.6 Å². The Balaban J connectivity index is 2.12. The highest BCUT2D eigenvalue weighted by molar-refractivity contribution is 5.88. The first-order valence-electron chi connectivity index (χ1n) is 14.3. The largest absolute Gasteiger partial charge is 0.379 e. The van der Waals surface area contributed by atoms with Gasteiger partial charge in [0, 0.05) is 39.3 Å². The smallest absolute Gasteiger partial charge is 0.244 e. The van der Waals surface area contributed by atoms with Crippen LogP contribution in [0.25, 0.3) is 0 Å². The molecular formula is C32H52N2O5. The Hall–Kier alpha value is -2.48. The van der Waals surface area contributed by atoms with E-state index < -0.39 is 0 Å². The highest BCUT2D eigenvalue weighted by Gasteiger charge is 2.26. The molecule has 0 bridgehead atoms. The molecule has 2 N–H and O–H groups in total. The molecule has 7 nitrogen and oxygen atoms in total. The molecule has 0 aromatic heterocycles. The lowest BCUT2D eigenvalue weighted by Gasteiger charge is -2.32. The zero-order valence-electron chi connectivity index (χ0n) is 25.2. The number of nitrogens with one attached hydrogen (secondary N) is 2. The van der Waals surface area contributed by atoms with Gasteiger partial charge >= 0.3 is 0 Å². The third-order valence-corrected chi connectivity index (χ3v) is 6.48. The van der Waals surface area contributed by atoms with Gasteiger partial charge < -0.3 is 24.8 Å². The Morgan fingerprint density at radius 3 is 2.03 bits per heavy atom. The van der Waals surface area contributed by atoms with Gasteiger partial charge in [0.2, 0.25) is 11.8 Å². The number of ether oxygens (including phenoxy) is 3. The van der Waals surface area contributed by atoms with E-state index in [0.29, 0.717) is 52.7 Å². The van der Waals surface area contributed by atoms with Crippen LogP contribution in [0, 0.1) is 5.41 Å². The van der Waals surface area contributed by atoms with E-state index in [1.54, 1.807) is 6.08 Å². The lowest BCUT2D eigenvalue weighted by molar-refractivity contribution is -0.119. The van der Waals surface area contributed by atoms with Crippen molar-refractivity contribution in [3.63, 3.8) is 0 Å². The number of allylic oxidation sites excluding steroid dienone is 9. The summed E-state index contributed by atoms with van der Waals surface area (Å²) in [7, 11) is 0. The minimum absolute atomic E-state index is 0.0230. The molecule has 7 heteroatoms. The second-order valence-electron chi connectivity index (χ2n) is 10.7. The van der Waals surface area contributed by atoms with Crippen molar-refractivity contribution in [2.45, 2.75) is 73.6 Å². The van der Waals surface area contributed by atoms with Gasteiger partial charge in [0.15, 0.2) is 0 Å². The van der Waals surface area contributed by atoms with Gasteiger partial charge in [-0.25, -0.2) is 0 Å². The van der Waals surface area contributed by atoms with E-state index in [4.69, 9.17) is 14.2 Å². The van der Waals surface area contributed by atoms with E-state index in [1.807, 2.05) is 19.1 Å². The van der Waals surface area contributed by atoms with E-state index in [9.17, 15) is 9.59 Å². The molecule has 1 aliphatic carbocycles. The summed E-state index contributed by atoms with van der Waals surface area (Å²) in [6.07, 6.45) is 17.3. The first kappa shape index (κ1) is 34.5. The topological polar surface area (TPSA) is 85.9 Å². The van der Waals surface area contributed by atoms with Gasteiger partial charge in [-0.1, -0.05) is 55.4 Å². The van der Waals surface area contributed by atoms with E-state index in [-0.39, 0.29) is 17.2 Å². The number of carbonyl (C=O) groups excluding carboxylic acids is 2. The van der Waals surface area contributed by atoms with Crippen molar-refractivity contribution in [1.82, 2.24) is 10.6 Å². The van der Waals surface area contributed by atoms with Crippen molar-refractivity contribution in [3.8, 4) is 0 Å². The maximum Gasteiger partial charge on any atom is 0.244 e. The van der Waals surface area contributed by atoms with Crippen molar-refractivity contribution >= 4 is 11.8 Å². The zero-order chi connectivity index (χ0) is 28.9. The molecule has 1 aliphatic rings. The second-order valence-corrected chi connectivity index (χ2v) is 10.7. The van der Waals surface area contributed by atoms with Crippen LogP contribution in [0.4, 0.5) is 0 Å². The Labute approximate surface area is 236 Å². The van der Waals surface area contributed by atoms with Crippen molar-refractivity contribution < 1.29 is 23.8 Å². The Morgan fingerprint density at radius 2 is 1.44 bits per heavy atom. The Kier molecular flexibility index (Phi) is 18.1. The van der Waals surface area contributed by atoms with Gasteiger partial charge in [0.25, 0.3) is 0 Å². The molecule has 0 radical (unpaired) electrons. The molecule has 0 saturated carbocycles. The van der Waals surface area contributed by atoms with E-state index in [2.05, 4.69) is 56.6 Å². The summed E-state index contributed by atoms with van der Waals surface area (Å²) in [4.78, 5) is 22.9. The van der Waals surface area contributed by atoms with Gasteiger partial charge in [-0.3, -0.25) is 9.59 Å². The normalized spacial score (nSPS) is 16.4. The molecule has 0 spiro atoms. The van der Waals surface area contributed by atoms with Gasteiger partial charge in [0.05, 0.1) is 26.4 Å². The highest BCUT2D eigenvalue weighted by Crippen LogP contribution is 2.40. The minimum Gasteiger partial charge on any atom is -0.379 e. The standard InChI is InChI=1S/C32H52N2O5/c1-26(14-15-30-28(3)13-8-16-32(30,5)6)11-7-12-27(2)25-31(36)34-18-10-20-38-22-24-39-23-21-37-19-9-17-33-29(4)35/h7,11-12,14-15,25H,8-10,13,16-24H2,1-6H3,(H,33,35)(H,34,36)/b12-7+,15-14+,26-11+,27-25+. The summed E-state index contributed by atoms with van der Waals surface area (Å²) in [6, 6.07) is 0. The van der Waals surface area contributed by atoms with E-state index >= 15 is 0 Å². The van der Waals surface area contributed by atoms with Crippen LogP contribution in [-0.4, -0.2) is 64.5 Å². The monoisotopic (exact) mass is 544 g/mol. The number of hydrogen-bond donors (Lipinski definition) is 2. The summed E-state index contributed by atoms with van der Waals surface area (Å²) in [5.74, 6) is -0.120. The third kappa shape index (κ3) is 17.7. The van der Waals surface area contributed by atoms with Gasteiger partial charge in [-0.15, -0.1) is 0 Å². The molecule has 0 atom stereocenters. The third-order valence-electron chi connectivity index (χ3n) is 6.48. The molecule has 0 aliphatic heterocycles. The predicted molar refractivity (Wildman–Crippen MR) is 160 cm³/mol. The van der Waals surface area contributed by atoms with Gasteiger partial charge in [-0.2, -0.15) is 0 Å². The zero-order valence-corrected chi connectivity index (χ0v) is 25.2. The maximum atomic E-state index is 12.1. The maximum absolute atomic E-state index is 12.1. The lowest BCUT2D eigenvalue weighted by atomic mass is 9.72. The molecule has 0 aromatic carbocycles. The number of hydrogen-bond acceptors (Lipinski definition) is 5. The fourth-order valence-corrected chi connectivity index (χ4v) is 4.30. The molecule has 0 fully saturated rings. The molecule has 0 unspecified atom stereocenters. The molecule has 0 saturated heterocycles. The second kappa shape index (κ2) is 20.4. The first-order valence-corrected chi connectivity index (χ1v) is 14.3. The molecular weight excluding hydrogens is 492 g/mol. The SMILES string of the molecule is CC(=O)NCCCOCCOCCOCCCNC(=O)/C=C(C)/C=C/C=C(C)/C=C/C1=C(C)CCCC1(C)C. The van der Waals surface area contributed by atoms with Crippen LogP contribution < -0.4 is 10.6 Å². The molecule has 0 heterocycles. The summed E-state index contributed by atoms with van der Waals surface area (Å²) in [5, 5.41) is 5.62. The van der Waals surface area contributed by atoms with Crippen molar-refractivity contribution in [1.29, 1.82) is 0 Å². The molecule has 220 valence electrons. The van der Waals surface area contributed by atoms with Crippen molar-refractivity contribution in [2.24, 2.45) is 5.41 Å². The summed E-state index contributed by atoms with van der Waals surface area (Å²) in [6.45, 7) is 16.9. The first-order chi connectivity index (χ1) is 18.6. The molecule has 39 heavy (non-hydrogen) atoms. The summed E-state index contributed by atoms with van der Waals surface area (Å²) in [5.41, 5.74) is 5.29. The van der Waals surface area contributed by atoms with Crippen LogP contribution in [0.5, 0.6) is 0 Å². The Bertz CT molecular complexity index is 896. The van der Waals surface area contributed by atoms with Gasteiger partial charge in [0.1, 0.15) is 0 Å². The van der Waals surface area contributed by atoms with Gasteiger partial charge in [-0.05, 0) is 69.4 Å². The number of rotatable bonds is 19. The van der Waals surface area contributed by atoms with E-state index in [0.717, 1.165) is 18.4 Å². The fourth-order valence-electron chi connectivity index (χ4n) is 4.30. The predicted octanol–water partition coefficient (Wildman–Crippen LogP) is 5.60. The quantitative estimate of drug-likeness (QED) is 0.126. The molecule has 2 amide bonds. The van der Waals surface area contributed by atoms with Crippen LogP contribution >= 0.6 is 0 Å². The van der Waals surface area contributed by atoms with Crippen molar-refractivity contribution in [3.05, 3.63) is 58.7 Å². The Morgan fingerprint density at radius 1 is 0.846 bits per heavy atom. The summed E-state index contributed by atoms with van der Waals surface area (Å²) < 4.78 is 16.4. The van der Waals surface area contributed by atoms with Crippen LogP contribution in [-0.2, 0) is 23.8 Å². The highest BCUT2D eigenvalue weighted by atomic mass is 16.5.